The fourth-order valence-corrected chi connectivity index (χ4v) is 5.14. The molecule has 1 aliphatic rings. The molecule has 0 spiro atoms. The van der Waals surface area contributed by atoms with Gasteiger partial charge in [0.1, 0.15) is 5.69 Å². The number of pyridine rings is 1. The smallest absolute Gasteiger partial charge is 0.312 e. The van der Waals surface area contributed by atoms with Crippen LogP contribution in [0.15, 0.2) is 66.9 Å². The summed E-state index contributed by atoms with van der Waals surface area (Å²) in [5.74, 6) is 0.390. The molecule has 6 N–H and O–H groups in total. The van der Waals surface area contributed by atoms with E-state index in [9.17, 15) is 9.59 Å². The van der Waals surface area contributed by atoms with E-state index in [4.69, 9.17) is 11.5 Å². The molecule has 1 aliphatic heterocycles. The molecule has 1 saturated heterocycles. The molecule has 3 aromatic rings. The van der Waals surface area contributed by atoms with E-state index in [1.54, 1.807) is 36.5 Å². The van der Waals surface area contributed by atoms with E-state index in [0.29, 0.717) is 17.8 Å². The molecular formula is C30H38N6O2. The van der Waals surface area contributed by atoms with Crippen molar-refractivity contribution in [3.05, 3.63) is 89.2 Å². The molecule has 38 heavy (non-hydrogen) atoms. The number of urea groups is 1. The maximum absolute atomic E-state index is 12.7. The Balaban J connectivity index is 1.49. The molecule has 3 amide bonds. The number of rotatable bonds is 9. The van der Waals surface area contributed by atoms with Crippen LogP contribution in [0.2, 0.25) is 0 Å². The van der Waals surface area contributed by atoms with Gasteiger partial charge in [-0.25, -0.2) is 4.79 Å². The first-order valence-electron chi connectivity index (χ1n) is 13.3. The van der Waals surface area contributed by atoms with Crippen LogP contribution in [0.5, 0.6) is 0 Å². The molecule has 0 saturated carbocycles. The predicted molar refractivity (Wildman–Crippen MR) is 152 cm³/mol. The molecule has 2 atom stereocenters. The highest BCUT2D eigenvalue weighted by atomic mass is 16.2. The van der Waals surface area contributed by atoms with Gasteiger partial charge in [0, 0.05) is 12.2 Å². The van der Waals surface area contributed by atoms with Crippen molar-refractivity contribution >= 4 is 23.3 Å². The van der Waals surface area contributed by atoms with Crippen LogP contribution >= 0.6 is 0 Å². The summed E-state index contributed by atoms with van der Waals surface area (Å²) in [6.45, 7) is 6.55. The molecule has 8 nitrogen and oxygen atoms in total. The Morgan fingerprint density at radius 2 is 1.79 bits per heavy atom. The number of carbonyl (C=O) groups is 2. The van der Waals surface area contributed by atoms with E-state index in [2.05, 4.69) is 58.6 Å². The summed E-state index contributed by atoms with van der Waals surface area (Å²) in [5.41, 5.74) is 16.1. The summed E-state index contributed by atoms with van der Waals surface area (Å²) in [6.07, 6.45) is 5.54. The first-order chi connectivity index (χ1) is 18.3. The number of primary amides is 1. The molecule has 2 heterocycles. The molecule has 1 fully saturated rings. The van der Waals surface area contributed by atoms with Gasteiger partial charge in [0.25, 0.3) is 5.91 Å². The van der Waals surface area contributed by atoms with E-state index >= 15 is 0 Å². The van der Waals surface area contributed by atoms with Crippen molar-refractivity contribution in [1.29, 1.82) is 0 Å². The zero-order chi connectivity index (χ0) is 27.1. The minimum absolute atomic E-state index is 0.244. The Hall–Kier alpha value is -3.91. The number of nitrogens with two attached hydrogens (primary N) is 2. The fourth-order valence-electron chi connectivity index (χ4n) is 5.14. The summed E-state index contributed by atoms with van der Waals surface area (Å²) >= 11 is 0. The molecule has 0 radical (unpaired) electrons. The average molecular weight is 515 g/mol. The van der Waals surface area contributed by atoms with Gasteiger partial charge in [0.15, 0.2) is 0 Å². The topological polar surface area (TPSA) is 126 Å². The normalized spacial score (nSPS) is 15.9. The number of nitrogen functional groups attached to an aromatic ring is 1. The molecule has 1 aromatic heterocycles. The minimum atomic E-state index is -0.588. The van der Waals surface area contributed by atoms with Crippen LogP contribution in [0.25, 0.3) is 0 Å². The van der Waals surface area contributed by atoms with Gasteiger partial charge in [-0.2, -0.15) is 0 Å². The third-order valence-corrected chi connectivity index (χ3v) is 7.36. The number of aryl methyl sites for hydroxylation is 1. The number of nitrogens with one attached hydrogen (secondary N) is 2. The van der Waals surface area contributed by atoms with Crippen molar-refractivity contribution in [2.24, 2.45) is 11.7 Å². The number of benzene rings is 2. The number of nitrogens with zero attached hydrogens (tertiary/aromatic N) is 2. The number of piperidine rings is 1. The monoisotopic (exact) mass is 514 g/mol. The predicted octanol–water partition coefficient (Wildman–Crippen LogP) is 5.19. The van der Waals surface area contributed by atoms with Crippen LogP contribution in [0.3, 0.4) is 0 Å². The number of carbonyl (C=O) groups excluding carboxylic acids is 2. The van der Waals surface area contributed by atoms with E-state index < -0.39 is 6.03 Å². The first-order valence-corrected chi connectivity index (χ1v) is 13.3. The summed E-state index contributed by atoms with van der Waals surface area (Å²) in [7, 11) is 0. The summed E-state index contributed by atoms with van der Waals surface area (Å²) < 4.78 is 0. The van der Waals surface area contributed by atoms with Crippen molar-refractivity contribution < 1.29 is 9.59 Å². The van der Waals surface area contributed by atoms with Gasteiger partial charge in [0.05, 0.1) is 17.4 Å². The highest BCUT2D eigenvalue weighted by molar-refractivity contribution is 6.04. The van der Waals surface area contributed by atoms with Gasteiger partial charge < -0.3 is 22.1 Å². The van der Waals surface area contributed by atoms with Crippen molar-refractivity contribution in [2.75, 3.05) is 24.1 Å². The molecule has 200 valence electrons. The maximum Gasteiger partial charge on any atom is 0.312 e. The second-order valence-corrected chi connectivity index (χ2v) is 10.3. The Morgan fingerprint density at radius 3 is 2.45 bits per heavy atom. The third kappa shape index (κ3) is 7.10. The van der Waals surface area contributed by atoms with Crippen LogP contribution in [0.1, 0.15) is 71.9 Å². The van der Waals surface area contributed by atoms with Gasteiger partial charge in [-0.05, 0) is 80.9 Å². The molecule has 2 unspecified atom stereocenters. The number of likely N-dealkylation sites (tertiary alicyclic amines) is 1. The number of hydrogen-bond acceptors (Lipinski definition) is 5. The highest BCUT2D eigenvalue weighted by Crippen LogP contribution is 2.33. The first kappa shape index (κ1) is 27.1. The second-order valence-electron chi connectivity index (χ2n) is 10.3. The zero-order valence-electron chi connectivity index (χ0n) is 22.2. The standard InChI is InChI=1S/C30H38N6O2/c1-20-14-16-36(17-15-20)28(22-7-5-6-21(2)18-22)13-12-25(35-30(32)38)23-10-11-27(33-19-23)29(37)34-26-9-4-3-8-24(26)31/h3-11,18-20,25,28H,12-17,31H2,1-2H3,(H,34,37)(H3,32,35,38). The van der Waals surface area contributed by atoms with Gasteiger partial charge in [0.2, 0.25) is 0 Å². The van der Waals surface area contributed by atoms with E-state index in [0.717, 1.165) is 31.0 Å². The Kier molecular flexibility index (Phi) is 8.97. The van der Waals surface area contributed by atoms with Crippen molar-refractivity contribution in [2.45, 2.75) is 51.6 Å². The number of hydrogen-bond donors (Lipinski definition) is 4. The SMILES string of the molecule is Cc1cccc(C(CCC(NC(N)=O)c2ccc(C(=O)Nc3ccccc3N)nc2)N2CCC(C)CC2)c1. The third-order valence-electron chi connectivity index (χ3n) is 7.36. The fraction of sp³-hybridized carbons (Fsp3) is 0.367. The lowest BCUT2D eigenvalue weighted by Gasteiger charge is -2.38. The number of anilines is 2. The molecule has 0 aliphatic carbocycles. The Labute approximate surface area is 224 Å². The molecule has 8 heteroatoms. The molecular weight excluding hydrogens is 476 g/mol. The van der Waals surface area contributed by atoms with Crippen LogP contribution in [0, 0.1) is 12.8 Å². The highest BCUT2D eigenvalue weighted by Gasteiger charge is 2.26. The zero-order valence-corrected chi connectivity index (χ0v) is 22.2. The summed E-state index contributed by atoms with van der Waals surface area (Å²) in [4.78, 5) is 31.5. The van der Waals surface area contributed by atoms with E-state index in [1.165, 1.54) is 24.0 Å². The average Bonchev–Trinajstić information content (AvgIpc) is 2.90. The van der Waals surface area contributed by atoms with Gasteiger partial charge in [-0.3, -0.25) is 14.7 Å². The van der Waals surface area contributed by atoms with Crippen LogP contribution in [-0.4, -0.2) is 34.9 Å². The Bertz CT molecular complexity index is 1240. The summed E-state index contributed by atoms with van der Waals surface area (Å²) in [6, 6.07) is 18.6. The van der Waals surface area contributed by atoms with Crippen molar-refractivity contribution in [1.82, 2.24) is 15.2 Å². The molecule has 0 bridgehead atoms. The van der Waals surface area contributed by atoms with Gasteiger partial charge in [-0.15, -0.1) is 0 Å². The number of para-hydroxylation sites is 2. The van der Waals surface area contributed by atoms with Crippen molar-refractivity contribution in [3.8, 4) is 0 Å². The van der Waals surface area contributed by atoms with E-state index in [-0.39, 0.29) is 23.7 Å². The molecule has 2 aromatic carbocycles. The minimum Gasteiger partial charge on any atom is -0.397 e. The van der Waals surface area contributed by atoms with Gasteiger partial charge in [-0.1, -0.05) is 55.0 Å². The second kappa shape index (κ2) is 12.6. The van der Waals surface area contributed by atoms with E-state index in [1.807, 2.05) is 6.07 Å². The lowest BCUT2D eigenvalue weighted by molar-refractivity contribution is 0.102. The van der Waals surface area contributed by atoms with Gasteiger partial charge >= 0.3 is 6.03 Å². The maximum atomic E-state index is 12.7. The van der Waals surface area contributed by atoms with Crippen LogP contribution in [0.4, 0.5) is 16.2 Å². The lowest BCUT2D eigenvalue weighted by atomic mass is 9.91. The Morgan fingerprint density at radius 1 is 1.03 bits per heavy atom. The molecule has 4 rings (SSSR count). The largest absolute Gasteiger partial charge is 0.397 e. The summed E-state index contributed by atoms with van der Waals surface area (Å²) in [5, 5.41) is 5.67. The van der Waals surface area contributed by atoms with Crippen LogP contribution in [-0.2, 0) is 0 Å². The quantitative estimate of drug-likeness (QED) is 0.292. The lowest BCUT2D eigenvalue weighted by Crippen LogP contribution is -2.37. The number of amides is 3. The van der Waals surface area contributed by atoms with Crippen molar-refractivity contribution in [3.63, 3.8) is 0 Å². The van der Waals surface area contributed by atoms with Crippen LogP contribution < -0.4 is 22.1 Å². The number of aromatic nitrogens is 1.